The molecule has 1 atom stereocenters. The monoisotopic (exact) mass is 215 g/mol. The third-order valence-electron chi connectivity index (χ3n) is 2.23. The molecule has 4 heteroatoms. The molecule has 0 spiro atoms. The van der Waals surface area contributed by atoms with Gasteiger partial charge in [0.25, 0.3) is 0 Å². The van der Waals surface area contributed by atoms with Gasteiger partial charge in [-0.25, -0.2) is 0 Å². The zero-order valence-electron chi connectivity index (χ0n) is 10.5. The van der Waals surface area contributed by atoms with E-state index in [1.165, 1.54) is 0 Å². The minimum atomic E-state index is 0.0595. The summed E-state index contributed by atoms with van der Waals surface area (Å²) in [5, 5.41) is 6.11. The molecule has 0 aliphatic rings. The van der Waals surface area contributed by atoms with Crippen molar-refractivity contribution in [2.75, 3.05) is 40.3 Å². The summed E-state index contributed by atoms with van der Waals surface area (Å²) in [5.41, 5.74) is 0. The minimum Gasteiger partial charge on any atom is -0.356 e. The van der Waals surface area contributed by atoms with Crippen molar-refractivity contribution in [1.82, 2.24) is 15.5 Å². The first-order valence-electron chi connectivity index (χ1n) is 5.71. The average molecular weight is 215 g/mol. The molecule has 0 saturated carbocycles. The molecule has 0 aliphatic carbocycles. The zero-order valence-corrected chi connectivity index (χ0v) is 10.5. The second-order valence-corrected chi connectivity index (χ2v) is 4.16. The Morgan fingerprint density at radius 3 is 2.60 bits per heavy atom. The molecular weight excluding hydrogens is 190 g/mol. The fraction of sp³-hybridized carbons (Fsp3) is 0.909. The van der Waals surface area contributed by atoms with Gasteiger partial charge in [0.2, 0.25) is 5.91 Å². The summed E-state index contributed by atoms with van der Waals surface area (Å²) in [6.45, 7) is 7.45. The molecule has 90 valence electrons. The standard InChI is InChI=1S/C11H25N3O/c1-5-12-9-10(2)11(15)13-7-6-8-14(3)4/h10,12H,5-9H2,1-4H3,(H,13,15). The van der Waals surface area contributed by atoms with E-state index in [9.17, 15) is 4.79 Å². The van der Waals surface area contributed by atoms with Crippen LogP contribution in [0.2, 0.25) is 0 Å². The van der Waals surface area contributed by atoms with Crippen LogP contribution < -0.4 is 10.6 Å². The van der Waals surface area contributed by atoms with Crippen LogP contribution in [0, 0.1) is 5.92 Å². The van der Waals surface area contributed by atoms with Crippen LogP contribution in [-0.4, -0.2) is 51.1 Å². The molecule has 0 bridgehead atoms. The largest absolute Gasteiger partial charge is 0.356 e. The lowest BCUT2D eigenvalue weighted by Crippen LogP contribution is -2.36. The molecule has 0 aromatic carbocycles. The van der Waals surface area contributed by atoms with Gasteiger partial charge < -0.3 is 15.5 Å². The molecule has 2 N–H and O–H groups in total. The fourth-order valence-corrected chi connectivity index (χ4v) is 1.23. The summed E-state index contributed by atoms with van der Waals surface area (Å²) < 4.78 is 0. The molecule has 0 heterocycles. The number of amides is 1. The Balaban J connectivity index is 3.47. The maximum Gasteiger partial charge on any atom is 0.224 e. The first kappa shape index (κ1) is 14.4. The maximum absolute atomic E-state index is 11.5. The highest BCUT2D eigenvalue weighted by atomic mass is 16.1. The number of rotatable bonds is 8. The van der Waals surface area contributed by atoms with Crippen LogP contribution >= 0.6 is 0 Å². The van der Waals surface area contributed by atoms with Crippen molar-refractivity contribution in [1.29, 1.82) is 0 Å². The van der Waals surface area contributed by atoms with Gasteiger partial charge in [0, 0.05) is 19.0 Å². The van der Waals surface area contributed by atoms with Crippen LogP contribution in [-0.2, 0) is 4.79 Å². The highest BCUT2D eigenvalue weighted by molar-refractivity contribution is 5.78. The van der Waals surface area contributed by atoms with Gasteiger partial charge in [0.15, 0.2) is 0 Å². The molecule has 15 heavy (non-hydrogen) atoms. The molecule has 0 rings (SSSR count). The molecule has 0 saturated heterocycles. The minimum absolute atomic E-state index is 0.0595. The summed E-state index contributed by atoms with van der Waals surface area (Å²) in [7, 11) is 4.07. The van der Waals surface area contributed by atoms with Gasteiger partial charge in [0.05, 0.1) is 0 Å². The van der Waals surface area contributed by atoms with E-state index in [4.69, 9.17) is 0 Å². The van der Waals surface area contributed by atoms with Gasteiger partial charge in [-0.3, -0.25) is 4.79 Å². The van der Waals surface area contributed by atoms with Crippen molar-refractivity contribution in [2.24, 2.45) is 5.92 Å². The first-order chi connectivity index (χ1) is 7.07. The molecule has 0 fully saturated rings. The predicted molar refractivity (Wildman–Crippen MR) is 63.9 cm³/mol. The van der Waals surface area contributed by atoms with E-state index in [-0.39, 0.29) is 11.8 Å². The van der Waals surface area contributed by atoms with E-state index in [0.717, 1.165) is 32.6 Å². The highest BCUT2D eigenvalue weighted by Gasteiger charge is 2.10. The molecule has 4 nitrogen and oxygen atoms in total. The van der Waals surface area contributed by atoms with Crippen molar-refractivity contribution in [3.8, 4) is 0 Å². The first-order valence-corrected chi connectivity index (χ1v) is 5.71. The van der Waals surface area contributed by atoms with Gasteiger partial charge >= 0.3 is 0 Å². The van der Waals surface area contributed by atoms with Crippen LogP contribution in [0.1, 0.15) is 20.3 Å². The molecular formula is C11H25N3O. The molecule has 0 aromatic rings. The third kappa shape index (κ3) is 8.39. The number of hydrogen-bond acceptors (Lipinski definition) is 3. The van der Waals surface area contributed by atoms with Crippen LogP contribution in [0.15, 0.2) is 0 Å². The Hall–Kier alpha value is -0.610. The van der Waals surface area contributed by atoms with Crippen LogP contribution in [0.25, 0.3) is 0 Å². The van der Waals surface area contributed by atoms with E-state index in [1.807, 2.05) is 27.9 Å². The van der Waals surface area contributed by atoms with Gasteiger partial charge in [-0.1, -0.05) is 13.8 Å². The number of hydrogen-bond donors (Lipinski definition) is 2. The van der Waals surface area contributed by atoms with Crippen molar-refractivity contribution >= 4 is 5.91 Å². The van der Waals surface area contributed by atoms with Gasteiger partial charge in [-0.15, -0.1) is 0 Å². The lowest BCUT2D eigenvalue weighted by Gasteiger charge is -2.13. The van der Waals surface area contributed by atoms with Crippen molar-refractivity contribution in [3.05, 3.63) is 0 Å². The van der Waals surface area contributed by atoms with Gasteiger partial charge in [-0.05, 0) is 33.6 Å². The van der Waals surface area contributed by atoms with E-state index < -0.39 is 0 Å². The summed E-state index contributed by atoms with van der Waals surface area (Å²) in [5.74, 6) is 0.207. The zero-order chi connectivity index (χ0) is 11.7. The second-order valence-electron chi connectivity index (χ2n) is 4.16. The Bertz CT molecular complexity index is 171. The lowest BCUT2D eigenvalue weighted by atomic mass is 10.1. The molecule has 0 aliphatic heterocycles. The van der Waals surface area contributed by atoms with E-state index in [1.54, 1.807) is 0 Å². The summed E-state index contributed by atoms with van der Waals surface area (Å²) in [4.78, 5) is 13.6. The van der Waals surface area contributed by atoms with E-state index in [2.05, 4.69) is 15.5 Å². The quantitative estimate of drug-likeness (QED) is 0.572. The number of nitrogens with one attached hydrogen (secondary N) is 2. The van der Waals surface area contributed by atoms with Gasteiger partial charge in [0.1, 0.15) is 0 Å². The molecule has 1 amide bonds. The van der Waals surface area contributed by atoms with Crippen LogP contribution in [0.5, 0.6) is 0 Å². The summed E-state index contributed by atoms with van der Waals surface area (Å²) in [6, 6.07) is 0. The SMILES string of the molecule is CCNCC(C)C(=O)NCCCN(C)C. The number of carbonyl (C=O) groups is 1. The molecule has 0 radical (unpaired) electrons. The van der Waals surface area contributed by atoms with Crippen LogP contribution in [0.4, 0.5) is 0 Å². The fourth-order valence-electron chi connectivity index (χ4n) is 1.23. The smallest absolute Gasteiger partial charge is 0.224 e. The number of nitrogens with zero attached hydrogens (tertiary/aromatic N) is 1. The van der Waals surface area contributed by atoms with Crippen molar-refractivity contribution in [2.45, 2.75) is 20.3 Å². The third-order valence-corrected chi connectivity index (χ3v) is 2.23. The molecule has 0 aromatic heterocycles. The Morgan fingerprint density at radius 2 is 2.07 bits per heavy atom. The Morgan fingerprint density at radius 1 is 1.40 bits per heavy atom. The van der Waals surface area contributed by atoms with E-state index in [0.29, 0.717) is 0 Å². The summed E-state index contributed by atoms with van der Waals surface area (Å²) >= 11 is 0. The lowest BCUT2D eigenvalue weighted by molar-refractivity contribution is -0.124. The van der Waals surface area contributed by atoms with E-state index >= 15 is 0 Å². The normalized spacial score (nSPS) is 12.9. The Kier molecular flexibility index (Phi) is 8.33. The van der Waals surface area contributed by atoms with Gasteiger partial charge in [-0.2, -0.15) is 0 Å². The summed E-state index contributed by atoms with van der Waals surface area (Å²) in [6.07, 6.45) is 1.01. The van der Waals surface area contributed by atoms with Crippen molar-refractivity contribution in [3.63, 3.8) is 0 Å². The second kappa shape index (κ2) is 8.68. The Labute approximate surface area is 93.4 Å². The number of carbonyl (C=O) groups excluding carboxylic acids is 1. The predicted octanol–water partition coefficient (Wildman–Crippen LogP) is 0.300. The topological polar surface area (TPSA) is 44.4 Å². The maximum atomic E-state index is 11.5. The average Bonchev–Trinajstić information content (AvgIpc) is 2.20. The molecule has 1 unspecified atom stereocenters. The highest BCUT2D eigenvalue weighted by Crippen LogP contribution is 1.92. The van der Waals surface area contributed by atoms with Crippen LogP contribution in [0.3, 0.4) is 0 Å². The van der Waals surface area contributed by atoms with Crippen molar-refractivity contribution < 1.29 is 4.79 Å².